The number of pyridine rings is 1. The summed E-state index contributed by atoms with van der Waals surface area (Å²) in [6.45, 7) is 0. The van der Waals surface area contributed by atoms with E-state index in [4.69, 9.17) is 5.10 Å². The fraction of sp³-hybridized carbons (Fsp3) is 0.480. The maximum absolute atomic E-state index is 12.8. The monoisotopic (exact) mass is 494 g/mol. The highest BCUT2D eigenvalue weighted by Gasteiger charge is 2.30. The lowest BCUT2D eigenvalue weighted by Crippen LogP contribution is -2.36. The van der Waals surface area contributed by atoms with E-state index >= 15 is 0 Å². The van der Waals surface area contributed by atoms with Gasteiger partial charge >= 0.3 is 0 Å². The molecular weight excluding hydrogens is 464 g/mol. The number of aromatic amines is 1. The molecule has 0 saturated heterocycles. The first kappa shape index (κ1) is 23.6. The average Bonchev–Trinajstić information content (AvgIpc) is 3.24. The Morgan fingerprint density at radius 3 is 2.46 bits per heavy atom. The zero-order chi connectivity index (χ0) is 24.4. The number of sulfonamides is 1. The van der Waals surface area contributed by atoms with Gasteiger partial charge in [-0.1, -0.05) is 32.1 Å². The molecule has 9 nitrogen and oxygen atoms in total. The van der Waals surface area contributed by atoms with E-state index in [2.05, 4.69) is 21.1 Å². The molecule has 0 amide bonds. The number of nitrogens with zero attached hydrogens (tertiary/aromatic N) is 3. The Kier molecular flexibility index (Phi) is 6.62. The third kappa shape index (κ3) is 4.83. The SMILES string of the molecule is N#CC1CCCCC1n1nc(Nc2ccc(S(=O)(=O)NC3CCCCC3)cc2)c2c(=O)[nH]ccc21. The van der Waals surface area contributed by atoms with E-state index in [1.807, 2.05) is 10.7 Å². The highest BCUT2D eigenvalue weighted by atomic mass is 32.2. The summed E-state index contributed by atoms with van der Waals surface area (Å²) >= 11 is 0. The van der Waals surface area contributed by atoms with Crippen molar-refractivity contribution in [3.63, 3.8) is 0 Å². The molecule has 2 heterocycles. The van der Waals surface area contributed by atoms with E-state index in [1.54, 1.807) is 30.5 Å². The molecule has 2 fully saturated rings. The van der Waals surface area contributed by atoms with Crippen LogP contribution in [0.15, 0.2) is 46.2 Å². The summed E-state index contributed by atoms with van der Waals surface area (Å²) in [6, 6.07) is 10.6. The number of benzene rings is 1. The summed E-state index contributed by atoms with van der Waals surface area (Å²) < 4.78 is 30.3. The van der Waals surface area contributed by atoms with Crippen LogP contribution in [0.4, 0.5) is 11.5 Å². The number of hydrogen-bond acceptors (Lipinski definition) is 6. The molecule has 10 heteroatoms. The topological polar surface area (TPSA) is 133 Å². The number of nitriles is 1. The van der Waals surface area contributed by atoms with Crippen molar-refractivity contribution in [2.75, 3.05) is 5.32 Å². The number of fused-ring (bicyclic) bond motifs is 1. The Hall–Kier alpha value is -3.16. The summed E-state index contributed by atoms with van der Waals surface area (Å²) in [5, 5.41) is 18.0. The van der Waals surface area contributed by atoms with Crippen molar-refractivity contribution in [3.8, 4) is 6.07 Å². The van der Waals surface area contributed by atoms with Crippen LogP contribution in [0.3, 0.4) is 0 Å². The summed E-state index contributed by atoms with van der Waals surface area (Å²) in [7, 11) is -3.59. The molecule has 0 radical (unpaired) electrons. The standard InChI is InChI=1S/C25H30N6O3S/c26-16-17-6-4-5-9-21(17)31-22-14-15-27-25(32)23(22)24(29-31)28-18-10-12-20(13-11-18)35(33,34)30-19-7-2-1-3-8-19/h10-15,17,19,21,30H,1-9H2,(H,27,32)(H,28,29). The molecule has 1 aromatic carbocycles. The zero-order valence-corrected chi connectivity index (χ0v) is 20.4. The third-order valence-corrected chi connectivity index (χ3v) is 8.73. The molecule has 35 heavy (non-hydrogen) atoms. The van der Waals surface area contributed by atoms with Gasteiger partial charge in [-0.05, 0) is 56.0 Å². The van der Waals surface area contributed by atoms with Crippen LogP contribution >= 0.6 is 0 Å². The third-order valence-electron chi connectivity index (χ3n) is 7.19. The van der Waals surface area contributed by atoms with E-state index in [9.17, 15) is 18.5 Å². The molecule has 2 aliphatic carbocycles. The predicted molar refractivity (Wildman–Crippen MR) is 134 cm³/mol. The van der Waals surface area contributed by atoms with Crippen molar-refractivity contribution in [2.24, 2.45) is 5.92 Å². The molecule has 3 N–H and O–H groups in total. The Labute approximate surface area is 204 Å². The lowest BCUT2D eigenvalue weighted by molar-refractivity contribution is 0.277. The van der Waals surface area contributed by atoms with Crippen molar-refractivity contribution in [1.29, 1.82) is 5.26 Å². The van der Waals surface area contributed by atoms with E-state index in [0.717, 1.165) is 57.8 Å². The quantitative estimate of drug-likeness (QED) is 0.467. The number of anilines is 2. The van der Waals surface area contributed by atoms with Crippen molar-refractivity contribution in [3.05, 3.63) is 46.9 Å². The Balaban J connectivity index is 1.42. The molecular formula is C25H30N6O3S. The maximum atomic E-state index is 12.8. The minimum Gasteiger partial charge on any atom is -0.338 e. The number of H-pyrrole nitrogens is 1. The van der Waals surface area contributed by atoms with E-state index in [1.165, 1.54) is 0 Å². The second-order valence-electron chi connectivity index (χ2n) is 9.55. The molecule has 2 aromatic heterocycles. The number of aromatic nitrogens is 3. The second-order valence-corrected chi connectivity index (χ2v) is 11.3. The van der Waals surface area contributed by atoms with Gasteiger partial charge in [0.1, 0.15) is 5.39 Å². The van der Waals surface area contributed by atoms with Crippen molar-refractivity contribution < 1.29 is 8.42 Å². The van der Waals surface area contributed by atoms with Gasteiger partial charge < -0.3 is 10.3 Å². The highest BCUT2D eigenvalue weighted by molar-refractivity contribution is 7.89. The van der Waals surface area contributed by atoms with Gasteiger partial charge in [-0.15, -0.1) is 0 Å². The lowest BCUT2D eigenvalue weighted by atomic mass is 9.85. The normalized spacial score (nSPS) is 21.6. The summed E-state index contributed by atoms with van der Waals surface area (Å²) in [5.74, 6) is 0.236. The average molecular weight is 495 g/mol. The van der Waals surface area contributed by atoms with E-state index in [0.29, 0.717) is 22.4 Å². The number of hydrogen-bond donors (Lipinski definition) is 3. The van der Waals surface area contributed by atoms with Gasteiger partial charge in [0.2, 0.25) is 10.0 Å². The fourth-order valence-electron chi connectivity index (χ4n) is 5.36. The zero-order valence-electron chi connectivity index (χ0n) is 19.5. The van der Waals surface area contributed by atoms with Gasteiger partial charge in [0.25, 0.3) is 5.56 Å². The van der Waals surface area contributed by atoms with Crippen LogP contribution in [0.1, 0.15) is 63.8 Å². The van der Waals surface area contributed by atoms with Crippen LogP contribution in [0.25, 0.3) is 10.9 Å². The summed E-state index contributed by atoms with van der Waals surface area (Å²) in [5.41, 5.74) is 1.03. The minimum absolute atomic E-state index is 0.00868. The van der Waals surface area contributed by atoms with E-state index < -0.39 is 10.0 Å². The minimum atomic E-state index is -3.59. The summed E-state index contributed by atoms with van der Waals surface area (Å²) in [6.07, 6.45) is 10.3. The van der Waals surface area contributed by atoms with Gasteiger partial charge in [0, 0.05) is 17.9 Å². The van der Waals surface area contributed by atoms with Gasteiger partial charge in [-0.25, -0.2) is 13.1 Å². The van der Waals surface area contributed by atoms with Crippen LogP contribution in [-0.4, -0.2) is 29.2 Å². The largest absolute Gasteiger partial charge is 0.338 e. The Morgan fingerprint density at radius 1 is 1.00 bits per heavy atom. The molecule has 2 saturated carbocycles. The van der Waals surface area contributed by atoms with Crippen LogP contribution in [0.2, 0.25) is 0 Å². The molecule has 0 aliphatic heterocycles. The van der Waals surface area contributed by atoms with Gasteiger partial charge in [-0.2, -0.15) is 10.4 Å². The lowest BCUT2D eigenvalue weighted by Gasteiger charge is -2.27. The Morgan fingerprint density at radius 2 is 1.71 bits per heavy atom. The summed E-state index contributed by atoms with van der Waals surface area (Å²) in [4.78, 5) is 15.6. The van der Waals surface area contributed by atoms with Crippen LogP contribution in [-0.2, 0) is 10.0 Å². The number of rotatable bonds is 6. The van der Waals surface area contributed by atoms with Gasteiger partial charge in [-0.3, -0.25) is 9.48 Å². The second kappa shape index (κ2) is 9.84. The van der Waals surface area contributed by atoms with Gasteiger partial charge in [0.15, 0.2) is 5.82 Å². The van der Waals surface area contributed by atoms with Gasteiger partial charge in [0.05, 0.1) is 28.4 Å². The molecule has 2 aliphatic rings. The molecule has 184 valence electrons. The molecule has 3 aromatic rings. The molecule has 0 spiro atoms. The van der Waals surface area contributed by atoms with Crippen LogP contribution in [0.5, 0.6) is 0 Å². The first-order valence-corrected chi connectivity index (χ1v) is 13.8. The van der Waals surface area contributed by atoms with Crippen molar-refractivity contribution in [1.82, 2.24) is 19.5 Å². The first-order chi connectivity index (χ1) is 17.0. The fourth-order valence-corrected chi connectivity index (χ4v) is 6.66. The highest BCUT2D eigenvalue weighted by Crippen LogP contribution is 2.36. The van der Waals surface area contributed by atoms with Crippen molar-refractivity contribution >= 4 is 32.4 Å². The molecule has 2 unspecified atom stereocenters. The maximum Gasteiger partial charge on any atom is 0.261 e. The predicted octanol–water partition coefficient (Wildman–Crippen LogP) is 4.33. The van der Waals surface area contributed by atoms with E-state index in [-0.39, 0.29) is 28.5 Å². The smallest absolute Gasteiger partial charge is 0.261 e. The van der Waals surface area contributed by atoms with Crippen LogP contribution in [0, 0.1) is 17.2 Å². The van der Waals surface area contributed by atoms with Crippen LogP contribution < -0.4 is 15.6 Å². The molecule has 0 bridgehead atoms. The molecule has 5 rings (SSSR count). The number of nitrogens with one attached hydrogen (secondary N) is 3. The molecule has 2 atom stereocenters. The van der Waals surface area contributed by atoms with Crippen molar-refractivity contribution in [2.45, 2.75) is 74.8 Å². The Bertz CT molecular complexity index is 1400. The first-order valence-electron chi connectivity index (χ1n) is 12.4.